The van der Waals surface area contributed by atoms with Gasteiger partial charge in [-0.2, -0.15) is 5.10 Å². The monoisotopic (exact) mass is 303 g/mol. The molecule has 2 aromatic heterocycles. The molecule has 14 heavy (non-hydrogen) atoms. The van der Waals surface area contributed by atoms with Crippen LogP contribution in [0.15, 0.2) is 22.9 Å². The van der Waals surface area contributed by atoms with Crippen molar-refractivity contribution in [2.45, 2.75) is 19.9 Å². The van der Waals surface area contributed by atoms with E-state index in [0.717, 1.165) is 21.6 Å². The Kier molecular flexibility index (Phi) is 2.85. The first-order valence-corrected chi connectivity index (χ1v) is 5.49. The second kappa shape index (κ2) is 4.12. The van der Waals surface area contributed by atoms with Crippen LogP contribution in [0.3, 0.4) is 0 Å². The van der Waals surface area contributed by atoms with Gasteiger partial charge in [0.05, 0.1) is 15.6 Å². The van der Waals surface area contributed by atoms with E-state index in [2.05, 4.69) is 39.8 Å². The van der Waals surface area contributed by atoms with Gasteiger partial charge in [-0.15, -0.1) is 0 Å². The van der Waals surface area contributed by atoms with E-state index in [4.69, 9.17) is 4.52 Å². The van der Waals surface area contributed by atoms with Crippen molar-refractivity contribution in [2.75, 3.05) is 0 Å². The lowest BCUT2D eigenvalue weighted by Gasteiger charge is -1.97. The maximum absolute atomic E-state index is 5.17. The predicted molar refractivity (Wildman–Crippen MR) is 59.9 cm³/mol. The van der Waals surface area contributed by atoms with E-state index in [0.29, 0.717) is 6.54 Å². The van der Waals surface area contributed by atoms with Crippen LogP contribution >= 0.6 is 22.6 Å². The number of hydrogen-bond donors (Lipinski definition) is 0. The molecule has 0 fully saturated rings. The first kappa shape index (κ1) is 9.70. The van der Waals surface area contributed by atoms with Crippen LogP contribution in [0.2, 0.25) is 0 Å². The fourth-order valence-corrected chi connectivity index (χ4v) is 1.63. The third-order valence-corrected chi connectivity index (χ3v) is 2.86. The van der Waals surface area contributed by atoms with Gasteiger partial charge in [0.2, 0.25) is 0 Å². The van der Waals surface area contributed by atoms with Gasteiger partial charge in [0.15, 0.2) is 5.76 Å². The van der Waals surface area contributed by atoms with Gasteiger partial charge in [0, 0.05) is 6.07 Å². The summed E-state index contributed by atoms with van der Waals surface area (Å²) < 4.78 is 8.14. The van der Waals surface area contributed by atoms with Crippen LogP contribution in [0, 0.1) is 3.70 Å². The Morgan fingerprint density at radius 1 is 1.57 bits per heavy atom. The van der Waals surface area contributed by atoms with Crippen LogP contribution in [0.1, 0.15) is 18.4 Å². The Morgan fingerprint density at radius 3 is 3.00 bits per heavy atom. The molecule has 0 aromatic carbocycles. The molecule has 74 valence electrons. The minimum absolute atomic E-state index is 0.651. The quantitative estimate of drug-likeness (QED) is 0.816. The predicted octanol–water partition coefficient (Wildman–Crippen LogP) is 2.09. The molecule has 4 nitrogen and oxygen atoms in total. The molecule has 0 spiro atoms. The Bertz CT molecular complexity index is 421. The molecule has 0 bridgehead atoms. The minimum atomic E-state index is 0.651. The fraction of sp³-hybridized carbons (Fsp3) is 0.333. The van der Waals surface area contributed by atoms with Crippen molar-refractivity contribution >= 4 is 22.6 Å². The average Bonchev–Trinajstić information content (AvgIpc) is 2.77. The zero-order valence-electron chi connectivity index (χ0n) is 7.77. The maximum atomic E-state index is 5.17. The molecule has 2 aromatic rings. The Hall–Kier alpha value is -0.850. The average molecular weight is 303 g/mol. The van der Waals surface area contributed by atoms with Gasteiger partial charge in [-0.1, -0.05) is 12.1 Å². The number of halogens is 1. The highest BCUT2D eigenvalue weighted by molar-refractivity contribution is 14.1. The molecule has 0 N–H and O–H groups in total. The van der Waals surface area contributed by atoms with E-state index >= 15 is 0 Å². The van der Waals surface area contributed by atoms with E-state index < -0.39 is 0 Å². The van der Waals surface area contributed by atoms with Gasteiger partial charge in [-0.25, -0.2) is 0 Å². The summed E-state index contributed by atoms with van der Waals surface area (Å²) in [6.07, 6.45) is 2.68. The zero-order valence-corrected chi connectivity index (χ0v) is 9.93. The van der Waals surface area contributed by atoms with Crippen molar-refractivity contribution in [1.82, 2.24) is 14.9 Å². The van der Waals surface area contributed by atoms with Crippen molar-refractivity contribution in [1.29, 1.82) is 0 Å². The molecular weight excluding hydrogens is 293 g/mol. The molecule has 0 unspecified atom stereocenters. The van der Waals surface area contributed by atoms with Crippen LogP contribution in [0.4, 0.5) is 0 Å². The molecule has 0 saturated carbocycles. The largest absolute Gasteiger partial charge is 0.359 e. The van der Waals surface area contributed by atoms with E-state index in [1.165, 1.54) is 0 Å². The molecule has 0 aliphatic carbocycles. The standard InChI is InChI=1S/C9H10IN3O/c1-2-7-5-8(14-12-7)6-13-9(10)3-4-11-13/h3-5H,2,6H2,1H3. The smallest absolute Gasteiger partial charge is 0.158 e. The lowest BCUT2D eigenvalue weighted by molar-refractivity contribution is 0.365. The third-order valence-electron chi connectivity index (χ3n) is 1.94. The summed E-state index contributed by atoms with van der Waals surface area (Å²) in [4.78, 5) is 0. The van der Waals surface area contributed by atoms with Crippen LogP contribution in [0.25, 0.3) is 0 Å². The molecule has 0 aliphatic rings. The summed E-state index contributed by atoms with van der Waals surface area (Å²) in [5, 5.41) is 8.09. The maximum Gasteiger partial charge on any atom is 0.158 e. The summed E-state index contributed by atoms with van der Waals surface area (Å²) in [5.41, 5.74) is 0.988. The van der Waals surface area contributed by atoms with Crippen molar-refractivity contribution in [3.8, 4) is 0 Å². The number of hydrogen-bond acceptors (Lipinski definition) is 3. The van der Waals surface area contributed by atoms with E-state index in [9.17, 15) is 0 Å². The zero-order chi connectivity index (χ0) is 9.97. The van der Waals surface area contributed by atoms with Crippen molar-refractivity contribution < 1.29 is 4.52 Å². The highest BCUT2D eigenvalue weighted by atomic mass is 127. The van der Waals surface area contributed by atoms with Gasteiger partial charge in [0.25, 0.3) is 0 Å². The van der Waals surface area contributed by atoms with E-state index in [1.807, 2.05) is 16.8 Å². The van der Waals surface area contributed by atoms with E-state index in [1.54, 1.807) is 6.20 Å². The number of aromatic nitrogens is 3. The second-order valence-electron chi connectivity index (χ2n) is 2.95. The van der Waals surface area contributed by atoms with Crippen LogP contribution in [-0.2, 0) is 13.0 Å². The summed E-state index contributed by atoms with van der Waals surface area (Å²) in [6.45, 7) is 2.71. The van der Waals surface area contributed by atoms with E-state index in [-0.39, 0.29) is 0 Å². The highest BCUT2D eigenvalue weighted by Crippen LogP contribution is 2.09. The lowest BCUT2D eigenvalue weighted by Crippen LogP contribution is -2.02. The Labute approximate surface area is 95.4 Å². The van der Waals surface area contributed by atoms with Gasteiger partial charge in [-0.05, 0) is 35.1 Å². The van der Waals surface area contributed by atoms with Gasteiger partial charge in [-0.3, -0.25) is 4.68 Å². The normalized spacial score (nSPS) is 10.7. The third kappa shape index (κ3) is 1.97. The first-order chi connectivity index (χ1) is 6.79. The summed E-state index contributed by atoms with van der Waals surface area (Å²) in [7, 11) is 0. The topological polar surface area (TPSA) is 43.9 Å². The van der Waals surface area contributed by atoms with Crippen molar-refractivity contribution in [2.24, 2.45) is 0 Å². The molecular formula is C9H10IN3O. The van der Waals surface area contributed by atoms with Gasteiger partial charge < -0.3 is 4.52 Å². The minimum Gasteiger partial charge on any atom is -0.359 e. The SMILES string of the molecule is CCc1cc(Cn2nccc2I)on1. The summed E-state index contributed by atoms with van der Waals surface area (Å²) in [5.74, 6) is 0.850. The van der Waals surface area contributed by atoms with Crippen LogP contribution < -0.4 is 0 Å². The summed E-state index contributed by atoms with van der Waals surface area (Å²) in [6, 6.07) is 3.93. The molecule has 2 rings (SSSR count). The Morgan fingerprint density at radius 2 is 2.43 bits per heavy atom. The van der Waals surface area contributed by atoms with Crippen molar-refractivity contribution in [3.05, 3.63) is 33.5 Å². The number of rotatable bonds is 3. The van der Waals surface area contributed by atoms with Crippen molar-refractivity contribution in [3.63, 3.8) is 0 Å². The Balaban J connectivity index is 2.15. The molecule has 5 heteroatoms. The molecule has 2 heterocycles. The first-order valence-electron chi connectivity index (χ1n) is 4.41. The molecule has 0 saturated heterocycles. The molecule has 0 aliphatic heterocycles. The number of nitrogens with zero attached hydrogens (tertiary/aromatic N) is 3. The number of aryl methyl sites for hydroxylation is 1. The second-order valence-corrected chi connectivity index (χ2v) is 4.05. The van der Waals surface area contributed by atoms with Crippen LogP contribution in [0.5, 0.6) is 0 Å². The molecule has 0 radical (unpaired) electrons. The highest BCUT2D eigenvalue weighted by Gasteiger charge is 2.05. The van der Waals surface area contributed by atoms with Gasteiger partial charge in [0.1, 0.15) is 6.54 Å². The molecule has 0 atom stereocenters. The lowest BCUT2D eigenvalue weighted by atomic mass is 10.3. The summed E-state index contributed by atoms with van der Waals surface area (Å²) >= 11 is 2.24. The molecule has 0 amide bonds. The van der Waals surface area contributed by atoms with Crippen LogP contribution in [-0.4, -0.2) is 14.9 Å². The van der Waals surface area contributed by atoms with Gasteiger partial charge >= 0.3 is 0 Å². The fourth-order valence-electron chi connectivity index (χ4n) is 1.18.